The molecule has 0 aromatic rings. The molecule has 6 aliphatic heterocycles. The smallest absolute Gasteiger partial charge is 0.217 e. The van der Waals surface area contributed by atoms with Gasteiger partial charge in [-0.2, -0.15) is 0 Å². The number of hydrogen-bond acceptors (Lipinski definition) is 29. The molecular weight excluding hydrogens is 934 g/mol. The lowest BCUT2D eigenvalue weighted by molar-refractivity contribution is -0.396. The van der Waals surface area contributed by atoms with E-state index in [1.165, 1.54) is 13.8 Å². The Morgan fingerprint density at radius 1 is 0.382 bits per heavy atom. The summed E-state index contributed by atoms with van der Waals surface area (Å²) < 4.78 is 62.8. The first kappa shape index (κ1) is 55.7. The fourth-order valence-corrected chi connectivity index (χ4v) is 8.78. The Balaban J connectivity index is 1.24. The van der Waals surface area contributed by atoms with Gasteiger partial charge in [-0.3, -0.25) is 4.79 Å². The molecule has 6 aliphatic rings. The summed E-state index contributed by atoms with van der Waals surface area (Å²) in [5.41, 5.74) is 0. The van der Waals surface area contributed by atoms with Gasteiger partial charge in [-0.1, -0.05) is 0 Å². The Labute approximate surface area is 386 Å². The van der Waals surface area contributed by atoms with E-state index in [0.717, 1.165) is 6.92 Å². The molecule has 0 aliphatic carbocycles. The van der Waals surface area contributed by atoms with Crippen molar-refractivity contribution in [2.45, 2.75) is 205 Å². The molecule has 30 heteroatoms. The molecule has 30 nitrogen and oxygen atoms in total. The van der Waals surface area contributed by atoms with Crippen LogP contribution in [0.25, 0.3) is 0 Å². The summed E-state index contributed by atoms with van der Waals surface area (Å²) in [5.74, 6) is -0.843. The van der Waals surface area contributed by atoms with Crippen molar-refractivity contribution in [2.75, 3.05) is 26.4 Å². The van der Waals surface area contributed by atoms with Crippen LogP contribution in [0.1, 0.15) is 20.8 Å². The van der Waals surface area contributed by atoms with Gasteiger partial charge in [0.25, 0.3) is 0 Å². The quantitative estimate of drug-likeness (QED) is 0.0724. The molecule has 0 aromatic carbocycles. The highest BCUT2D eigenvalue weighted by Crippen LogP contribution is 2.37. The maximum Gasteiger partial charge on any atom is 0.217 e. The zero-order valence-corrected chi connectivity index (χ0v) is 36.7. The van der Waals surface area contributed by atoms with Crippen LogP contribution in [0.2, 0.25) is 0 Å². The second kappa shape index (κ2) is 23.5. The Hall–Kier alpha value is -1.65. The summed E-state index contributed by atoms with van der Waals surface area (Å²) in [6, 6.07) is -1.78. The summed E-state index contributed by atoms with van der Waals surface area (Å²) in [7, 11) is 0. The Bertz CT molecular complexity index is 1590. The van der Waals surface area contributed by atoms with Crippen molar-refractivity contribution in [3.05, 3.63) is 0 Å². The van der Waals surface area contributed by atoms with Gasteiger partial charge in [-0.15, -0.1) is 0 Å². The lowest BCUT2D eigenvalue weighted by atomic mass is 9.94. The average Bonchev–Trinajstić information content (AvgIpc) is 3.31. The van der Waals surface area contributed by atoms with Crippen LogP contribution >= 0.6 is 0 Å². The minimum absolute atomic E-state index is 0.843. The van der Waals surface area contributed by atoms with Crippen molar-refractivity contribution in [3.8, 4) is 0 Å². The van der Waals surface area contributed by atoms with Crippen LogP contribution < -0.4 is 5.32 Å². The van der Waals surface area contributed by atoms with Crippen molar-refractivity contribution < 1.29 is 144 Å². The van der Waals surface area contributed by atoms with Gasteiger partial charge in [-0.05, 0) is 13.8 Å². The lowest BCUT2D eigenvalue weighted by Crippen LogP contribution is -2.70. The Morgan fingerprint density at radius 3 is 1.34 bits per heavy atom. The van der Waals surface area contributed by atoms with Crippen LogP contribution in [-0.4, -0.2) is 303 Å². The van der Waals surface area contributed by atoms with Crippen LogP contribution in [0.3, 0.4) is 0 Å². The van der Waals surface area contributed by atoms with E-state index in [1.807, 2.05) is 0 Å². The number of nitrogens with one attached hydrogen (secondary N) is 1. The van der Waals surface area contributed by atoms with Gasteiger partial charge >= 0.3 is 0 Å². The van der Waals surface area contributed by atoms with E-state index in [-0.39, 0.29) is 0 Å². The monoisotopic (exact) mass is 999 g/mol. The number of hydrogen-bond donors (Lipinski definition) is 18. The molecule has 6 rings (SSSR count). The molecule has 396 valence electrons. The van der Waals surface area contributed by atoms with Gasteiger partial charge in [0.15, 0.2) is 37.7 Å². The molecule has 1 unspecified atom stereocenters. The van der Waals surface area contributed by atoms with Crippen molar-refractivity contribution in [3.63, 3.8) is 0 Å². The minimum Gasteiger partial charge on any atom is -0.394 e. The highest BCUT2D eigenvalue weighted by atomic mass is 16.8. The largest absolute Gasteiger partial charge is 0.394 e. The maximum absolute atomic E-state index is 12.6. The summed E-state index contributed by atoms with van der Waals surface area (Å²) in [6.07, 6.45) is -52.8. The van der Waals surface area contributed by atoms with Crippen LogP contribution in [0.5, 0.6) is 0 Å². The van der Waals surface area contributed by atoms with Crippen LogP contribution in [0, 0.1) is 0 Å². The number of carbonyl (C=O) groups excluding carboxylic acids is 1. The van der Waals surface area contributed by atoms with Crippen molar-refractivity contribution in [2.24, 2.45) is 0 Å². The SMILES string of the molecule is CC(=O)N[C@H]1[C@H](O[C@H]2[C@@H](O)[C@@H](CO)O[C@@H](O[C@H]3[C@H](O[C@@H]4O[C@@H](C)[C@@H](O)[C@@H](O)[C@@H]4O)[C@@H](O)C(O)O[C@@H]3CO)[C@@H]2O)O[C@H](CO)[C@@H](O[C@@H]2O[C@H](CO)[C@H](O)[C@H](O)[C@H]2O[C@@H]2O[C@@H](C)[C@@H](O)[C@@H](O)[C@@H]2O)[C@@H]1O. The molecule has 0 bridgehead atoms. The van der Waals surface area contributed by atoms with Crippen molar-refractivity contribution in [1.82, 2.24) is 5.32 Å². The van der Waals surface area contributed by atoms with E-state index in [2.05, 4.69) is 5.32 Å². The normalized spacial score (nSPS) is 52.6. The second-order valence-electron chi connectivity index (χ2n) is 17.5. The molecule has 6 fully saturated rings. The van der Waals surface area contributed by atoms with Crippen molar-refractivity contribution in [1.29, 1.82) is 0 Å². The molecule has 18 N–H and O–H groups in total. The molecule has 0 radical (unpaired) electrons. The molecule has 0 aromatic heterocycles. The van der Waals surface area contributed by atoms with E-state index in [4.69, 9.17) is 52.1 Å². The summed E-state index contributed by atoms with van der Waals surface area (Å²) in [5, 5.41) is 184. The molecule has 6 saturated heterocycles. The van der Waals surface area contributed by atoms with Gasteiger partial charge in [0.05, 0.1) is 38.6 Å². The third-order valence-electron chi connectivity index (χ3n) is 12.8. The molecule has 30 atom stereocenters. The number of carbonyl (C=O) groups is 1. The van der Waals surface area contributed by atoms with Gasteiger partial charge in [0, 0.05) is 6.92 Å². The summed E-state index contributed by atoms with van der Waals surface area (Å²) in [4.78, 5) is 12.6. The second-order valence-corrected chi connectivity index (χ2v) is 17.5. The summed E-state index contributed by atoms with van der Waals surface area (Å²) >= 11 is 0. The zero-order valence-electron chi connectivity index (χ0n) is 36.7. The molecule has 0 saturated carbocycles. The van der Waals surface area contributed by atoms with Crippen LogP contribution in [-0.2, 0) is 56.9 Å². The van der Waals surface area contributed by atoms with Gasteiger partial charge in [-0.25, -0.2) is 0 Å². The average molecular weight is 1000 g/mol. The zero-order chi connectivity index (χ0) is 50.2. The molecule has 68 heavy (non-hydrogen) atoms. The van der Waals surface area contributed by atoms with Gasteiger partial charge in [0.2, 0.25) is 5.91 Å². The van der Waals surface area contributed by atoms with E-state index in [1.54, 1.807) is 0 Å². The van der Waals surface area contributed by atoms with Crippen LogP contribution in [0.15, 0.2) is 0 Å². The first-order valence-electron chi connectivity index (χ1n) is 21.8. The molecular formula is C38H65NO29. The number of amides is 1. The summed E-state index contributed by atoms with van der Waals surface area (Å²) in [6.45, 7) is -0.254. The molecule has 1 amide bonds. The molecule has 0 spiro atoms. The highest BCUT2D eigenvalue weighted by molar-refractivity contribution is 5.73. The molecule has 6 heterocycles. The van der Waals surface area contributed by atoms with E-state index in [9.17, 15) is 91.6 Å². The standard InChI is InChI=1S/C38H65NO29/c1-8-16(45)21(50)24(53)35(58-8)67-31-26(55)33(57)60-14(7-43)29(31)65-37-27(56)30(19(48)12(5-41)61-37)66-34-15(39-10(3)44)20(49)28(13(6-42)63-34)64-38-32(23(52)18(47)11(4-40)62-38)68-36-25(54)22(51)17(46)9(2)59-36/h8-9,11-38,40-43,45-57H,4-7H2,1-3H3,(H,39,44)/t8-,9-,11+,12+,13+,14+,15+,16+,17+,18-,19-,20+,21+,22+,23-,24-,25-,26+,27+,28+,29+,30-,31+,32+,33?,34-,35-,36-,37-,38-/m0/s1. The van der Waals surface area contributed by atoms with Gasteiger partial charge < -0.3 is 144 Å². The topological polar surface area (TPSA) is 475 Å². The minimum atomic E-state index is -2.19. The Kier molecular flexibility index (Phi) is 19.2. The van der Waals surface area contributed by atoms with E-state index in [0.29, 0.717) is 0 Å². The maximum atomic E-state index is 12.6. The highest BCUT2D eigenvalue weighted by Gasteiger charge is 2.58. The third-order valence-corrected chi connectivity index (χ3v) is 12.8. The Morgan fingerprint density at radius 2 is 0.809 bits per heavy atom. The number of ether oxygens (including phenoxy) is 11. The number of aliphatic hydroxyl groups is 17. The van der Waals surface area contributed by atoms with Crippen LogP contribution in [0.4, 0.5) is 0 Å². The number of aliphatic hydroxyl groups excluding tert-OH is 17. The third kappa shape index (κ3) is 11.4. The fraction of sp³-hybridized carbons (Fsp3) is 0.974. The van der Waals surface area contributed by atoms with Gasteiger partial charge in [0.1, 0.15) is 134 Å². The fourth-order valence-electron chi connectivity index (χ4n) is 8.78. The number of rotatable bonds is 15. The van der Waals surface area contributed by atoms with E-state index >= 15 is 0 Å². The first-order valence-corrected chi connectivity index (χ1v) is 21.8. The van der Waals surface area contributed by atoms with Crippen molar-refractivity contribution >= 4 is 5.91 Å². The lowest BCUT2D eigenvalue weighted by Gasteiger charge is -2.51. The van der Waals surface area contributed by atoms with E-state index < -0.39 is 217 Å². The predicted molar refractivity (Wildman–Crippen MR) is 208 cm³/mol. The first-order chi connectivity index (χ1) is 32.1. The predicted octanol–water partition coefficient (Wildman–Crippen LogP) is -11.9.